The molecule has 1 aliphatic heterocycles. The molecular weight excluding hydrogens is 558 g/mol. The van der Waals surface area contributed by atoms with Crippen LogP contribution in [0.15, 0.2) is 60.1 Å². The number of fused-ring (bicyclic) bond motifs is 1. The molecule has 1 saturated heterocycles. The molecule has 4 aromatic rings. The highest BCUT2D eigenvalue weighted by atomic mass is 35.5. The van der Waals surface area contributed by atoms with Crippen molar-refractivity contribution in [1.29, 1.82) is 0 Å². The summed E-state index contributed by atoms with van der Waals surface area (Å²) in [6, 6.07) is 13.9. The van der Waals surface area contributed by atoms with Crippen molar-refractivity contribution in [3.8, 4) is 23.0 Å². The van der Waals surface area contributed by atoms with Crippen LogP contribution < -0.4 is 16.4 Å². The third-order valence-electron chi connectivity index (χ3n) is 6.40. The van der Waals surface area contributed by atoms with Gasteiger partial charge in [-0.15, -0.1) is 11.3 Å². The van der Waals surface area contributed by atoms with Crippen LogP contribution in [0.1, 0.15) is 39.3 Å². The number of carbonyl (C=O) groups excluding carboxylic acids is 2. The molecule has 4 N–H and O–H groups in total. The van der Waals surface area contributed by atoms with E-state index in [4.69, 9.17) is 22.1 Å². The standard InChI is InChI=1S/C31H30ClN5O3S/c1-31(2,3)40-30(39)37-15-5-8-23(37)13-14-26-28-27(25(33)17-34-26)24(18-41-28)19-9-11-21(12-10-19)35-29(38)36-22-7-4-6-20(32)16-22/h4,6-7,9-12,16-18,23H,5,8,15,33H2,1-3H3,(H2,35,36,38)/t23-/m0/s1. The van der Waals surface area contributed by atoms with Crippen molar-refractivity contribution in [2.75, 3.05) is 22.9 Å². The summed E-state index contributed by atoms with van der Waals surface area (Å²) in [5, 5.41) is 9.04. The molecule has 1 atom stereocenters. The number of hydrogen-bond acceptors (Lipinski definition) is 6. The van der Waals surface area contributed by atoms with Crippen LogP contribution in [-0.2, 0) is 4.74 Å². The number of nitrogens with two attached hydrogens (primary N) is 1. The number of thiophene rings is 1. The minimum Gasteiger partial charge on any atom is -0.444 e. The Bertz CT molecular complexity index is 1670. The van der Waals surface area contributed by atoms with Crippen LogP contribution in [0.2, 0.25) is 5.02 Å². The van der Waals surface area contributed by atoms with Crippen molar-refractivity contribution < 1.29 is 14.3 Å². The summed E-state index contributed by atoms with van der Waals surface area (Å²) < 4.78 is 6.45. The summed E-state index contributed by atoms with van der Waals surface area (Å²) in [6.07, 6.45) is 2.94. The SMILES string of the molecule is CC(C)(C)OC(=O)N1CCC[C@H]1C#Cc1ncc(N)c2c(-c3ccc(NC(=O)Nc4cccc(Cl)c4)cc3)csc12. The van der Waals surface area contributed by atoms with Crippen LogP contribution in [0.5, 0.6) is 0 Å². The molecule has 0 saturated carbocycles. The van der Waals surface area contributed by atoms with Gasteiger partial charge in [-0.2, -0.15) is 0 Å². The van der Waals surface area contributed by atoms with Gasteiger partial charge < -0.3 is 21.1 Å². The van der Waals surface area contributed by atoms with E-state index in [1.807, 2.05) is 50.4 Å². The molecule has 8 nitrogen and oxygen atoms in total. The Morgan fingerprint density at radius 2 is 1.90 bits per heavy atom. The number of urea groups is 1. The number of amides is 3. The number of anilines is 3. The van der Waals surface area contributed by atoms with E-state index in [9.17, 15) is 9.59 Å². The van der Waals surface area contributed by atoms with E-state index >= 15 is 0 Å². The lowest BCUT2D eigenvalue weighted by molar-refractivity contribution is 0.0261. The zero-order valence-electron chi connectivity index (χ0n) is 23.0. The highest BCUT2D eigenvalue weighted by Gasteiger charge is 2.31. The van der Waals surface area contributed by atoms with E-state index in [0.717, 1.165) is 34.1 Å². The predicted octanol–water partition coefficient (Wildman–Crippen LogP) is 7.59. The van der Waals surface area contributed by atoms with E-state index in [1.165, 1.54) is 11.3 Å². The van der Waals surface area contributed by atoms with Crippen LogP contribution >= 0.6 is 22.9 Å². The van der Waals surface area contributed by atoms with Gasteiger partial charge in [0.1, 0.15) is 11.3 Å². The summed E-state index contributed by atoms with van der Waals surface area (Å²) in [6.45, 7) is 6.19. The van der Waals surface area contributed by atoms with E-state index < -0.39 is 5.60 Å². The van der Waals surface area contributed by atoms with Crippen molar-refractivity contribution in [3.05, 3.63) is 70.8 Å². The molecule has 3 heterocycles. The number of hydrogen-bond donors (Lipinski definition) is 3. The fourth-order valence-electron chi connectivity index (χ4n) is 4.58. The van der Waals surface area contributed by atoms with Crippen LogP contribution in [0.25, 0.3) is 21.2 Å². The van der Waals surface area contributed by atoms with Crippen molar-refractivity contribution in [1.82, 2.24) is 9.88 Å². The fraction of sp³-hybridized carbons (Fsp3) is 0.258. The Morgan fingerprint density at radius 1 is 1.15 bits per heavy atom. The molecule has 2 aromatic heterocycles. The molecule has 5 rings (SSSR count). The molecule has 1 aliphatic rings. The number of pyridine rings is 1. The number of aromatic nitrogens is 1. The Balaban J connectivity index is 1.34. The summed E-state index contributed by atoms with van der Waals surface area (Å²) in [4.78, 5) is 31.3. The summed E-state index contributed by atoms with van der Waals surface area (Å²) in [5.74, 6) is 6.45. The lowest BCUT2D eigenvalue weighted by Gasteiger charge is -2.26. The smallest absolute Gasteiger partial charge is 0.411 e. The Hall–Kier alpha value is -4.26. The zero-order valence-corrected chi connectivity index (χ0v) is 24.5. The van der Waals surface area contributed by atoms with Crippen LogP contribution in [0, 0.1) is 11.8 Å². The third-order valence-corrected chi connectivity index (χ3v) is 7.62. The second-order valence-corrected chi connectivity index (χ2v) is 12.0. The highest BCUT2D eigenvalue weighted by molar-refractivity contribution is 7.18. The van der Waals surface area contributed by atoms with Crippen molar-refractivity contribution in [2.45, 2.75) is 45.3 Å². The van der Waals surface area contributed by atoms with Crippen LogP contribution in [0.4, 0.5) is 26.7 Å². The van der Waals surface area contributed by atoms with Gasteiger partial charge in [0.2, 0.25) is 0 Å². The fourth-order valence-corrected chi connectivity index (χ4v) is 5.82. The number of carbonyl (C=O) groups is 2. The normalized spacial score (nSPS) is 14.8. The minimum absolute atomic E-state index is 0.227. The van der Waals surface area contributed by atoms with Crippen LogP contribution in [0.3, 0.4) is 0 Å². The minimum atomic E-state index is -0.562. The van der Waals surface area contributed by atoms with E-state index in [-0.39, 0.29) is 18.2 Å². The highest BCUT2D eigenvalue weighted by Crippen LogP contribution is 2.39. The number of halogens is 1. The topological polar surface area (TPSA) is 110 Å². The Labute approximate surface area is 247 Å². The van der Waals surface area contributed by atoms with Gasteiger partial charge in [-0.25, -0.2) is 14.6 Å². The first-order valence-electron chi connectivity index (χ1n) is 13.2. The second-order valence-electron chi connectivity index (χ2n) is 10.7. The maximum atomic E-state index is 12.7. The summed E-state index contributed by atoms with van der Waals surface area (Å²) >= 11 is 7.51. The van der Waals surface area contributed by atoms with Gasteiger partial charge in [0, 0.05) is 33.9 Å². The number of nitrogens with one attached hydrogen (secondary N) is 2. The van der Waals surface area contributed by atoms with E-state index in [0.29, 0.717) is 34.3 Å². The molecule has 0 spiro atoms. The van der Waals surface area contributed by atoms with Crippen molar-refractivity contribution in [3.63, 3.8) is 0 Å². The number of rotatable bonds is 3. The maximum absolute atomic E-state index is 12.7. The van der Waals surface area contributed by atoms with Gasteiger partial charge in [0.05, 0.1) is 22.6 Å². The number of ether oxygens (including phenoxy) is 1. The third kappa shape index (κ3) is 6.73. The van der Waals surface area contributed by atoms with Crippen molar-refractivity contribution in [2.24, 2.45) is 0 Å². The molecule has 0 aliphatic carbocycles. The first-order chi connectivity index (χ1) is 19.6. The van der Waals surface area contributed by atoms with Gasteiger partial charge in [0.15, 0.2) is 0 Å². The summed E-state index contributed by atoms with van der Waals surface area (Å²) in [7, 11) is 0. The van der Waals surface area contributed by atoms with Crippen LogP contribution in [-0.4, -0.2) is 40.2 Å². The van der Waals surface area contributed by atoms with Gasteiger partial charge in [0.25, 0.3) is 0 Å². The average Bonchev–Trinajstić information content (AvgIpc) is 3.56. The number of benzene rings is 2. The molecule has 41 heavy (non-hydrogen) atoms. The monoisotopic (exact) mass is 587 g/mol. The molecule has 10 heteroatoms. The molecule has 3 amide bonds. The molecule has 1 fully saturated rings. The van der Waals surface area contributed by atoms with Gasteiger partial charge >= 0.3 is 12.1 Å². The number of nitrogens with zero attached hydrogens (tertiary/aromatic N) is 2. The summed E-state index contributed by atoms with van der Waals surface area (Å²) in [5.41, 5.74) is 10.1. The molecule has 2 aromatic carbocycles. The van der Waals surface area contributed by atoms with Gasteiger partial charge in [-0.1, -0.05) is 35.7 Å². The number of likely N-dealkylation sites (tertiary alicyclic amines) is 1. The van der Waals surface area contributed by atoms with E-state index in [2.05, 4.69) is 27.5 Å². The van der Waals surface area contributed by atoms with Gasteiger partial charge in [-0.3, -0.25) is 4.90 Å². The lowest BCUT2D eigenvalue weighted by atomic mass is 10.0. The first-order valence-corrected chi connectivity index (χ1v) is 14.4. The first kappa shape index (κ1) is 28.3. The largest absolute Gasteiger partial charge is 0.444 e. The molecular formula is C31H30ClN5O3S. The zero-order chi connectivity index (χ0) is 29.1. The molecule has 0 unspecified atom stereocenters. The van der Waals surface area contributed by atoms with Crippen molar-refractivity contribution >= 4 is 62.2 Å². The quantitative estimate of drug-likeness (QED) is 0.214. The molecule has 0 radical (unpaired) electrons. The second kappa shape index (κ2) is 11.7. The lowest BCUT2D eigenvalue weighted by Crippen LogP contribution is -2.39. The number of nitrogen functional groups attached to an aromatic ring is 1. The Morgan fingerprint density at radius 3 is 2.63 bits per heavy atom. The predicted molar refractivity (Wildman–Crippen MR) is 166 cm³/mol. The molecule has 210 valence electrons. The van der Waals surface area contributed by atoms with E-state index in [1.54, 1.807) is 35.4 Å². The average molecular weight is 588 g/mol. The Kier molecular flexibility index (Phi) is 8.06. The molecule has 0 bridgehead atoms. The van der Waals surface area contributed by atoms with Gasteiger partial charge in [-0.05, 0) is 80.8 Å². The maximum Gasteiger partial charge on any atom is 0.411 e.